The molecule has 1 aromatic carbocycles. The maximum absolute atomic E-state index is 11.6. The van der Waals surface area contributed by atoms with Gasteiger partial charge < -0.3 is 14.8 Å². The van der Waals surface area contributed by atoms with E-state index in [2.05, 4.69) is 10.4 Å². The SMILES string of the molecule is COC(=O)c1nn(C)cc1NCc1ccc(OC)cc1. The van der Waals surface area contributed by atoms with E-state index in [9.17, 15) is 4.79 Å². The van der Waals surface area contributed by atoms with E-state index in [1.165, 1.54) is 7.11 Å². The summed E-state index contributed by atoms with van der Waals surface area (Å²) in [6.45, 7) is 0.583. The number of hydrogen-bond acceptors (Lipinski definition) is 5. The van der Waals surface area contributed by atoms with Crippen molar-refractivity contribution in [2.24, 2.45) is 7.05 Å². The summed E-state index contributed by atoms with van der Waals surface area (Å²) < 4.78 is 11.4. The molecule has 2 rings (SSSR count). The van der Waals surface area contributed by atoms with Crippen LogP contribution in [0.15, 0.2) is 30.5 Å². The van der Waals surface area contributed by atoms with Crippen LogP contribution in [-0.2, 0) is 18.3 Å². The Morgan fingerprint density at radius 3 is 2.60 bits per heavy atom. The summed E-state index contributed by atoms with van der Waals surface area (Å²) in [7, 11) is 4.72. The number of esters is 1. The van der Waals surface area contributed by atoms with E-state index in [0.717, 1.165) is 11.3 Å². The van der Waals surface area contributed by atoms with Crippen molar-refractivity contribution in [1.29, 1.82) is 0 Å². The molecule has 0 saturated carbocycles. The fourth-order valence-corrected chi connectivity index (χ4v) is 1.81. The van der Waals surface area contributed by atoms with Crippen LogP contribution in [0.2, 0.25) is 0 Å². The summed E-state index contributed by atoms with van der Waals surface area (Å²) in [4.78, 5) is 11.6. The Labute approximate surface area is 117 Å². The molecule has 20 heavy (non-hydrogen) atoms. The summed E-state index contributed by atoms with van der Waals surface area (Å²) in [6.07, 6.45) is 1.75. The monoisotopic (exact) mass is 275 g/mol. The highest BCUT2D eigenvalue weighted by Gasteiger charge is 2.16. The van der Waals surface area contributed by atoms with Crippen molar-refractivity contribution in [2.75, 3.05) is 19.5 Å². The zero-order valence-electron chi connectivity index (χ0n) is 11.7. The van der Waals surface area contributed by atoms with Crippen LogP contribution in [0.4, 0.5) is 5.69 Å². The van der Waals surface area contributed by atoms with Crippen LogP contribution in [0.5, 0.6) is 5.75 Å². The van der Waals surface area contributed by atoms with Crippen LogP contribution in [0.3, 0.4) is 0 Å². The molecule has 0 fully saturated rings. The molecule has 6 nitrogen and oxygen atoms in total. The molecule has 0 aliphatic heterocycles. The van der Waals surface area contributed by atoms with Gasteiger partial charge in [0.05, 0.1) is 19.9 Å². The average molecular weight is 275 g/mol. The zero-order valence-corrected chi connectivity index (χ0v) is 11.7. The minimum Gasteiger partial charge on any atom is -0.497 e. The van der Waals surface area contributed by atoms with Crippen molar-refractivity contribution in [1.82, 2.24) is 9.78 Å². The predicted molar refractivity (Wildman–Crippen MR) is 74.9 cm³/mol. The zero-order chi connectivity index (χ0) is 14.5. The molecule has 2 aromatic rings. The molecule has 0 spiro atoms. The van der Waals surface area contributed by atoms with E-state index in [0.29, 0.717) is 12.2 Å². The number of rotatable bonds is 5. The maximum atomic E-state index is 11.6. The Morgan fingerprint density at radius 1 is 1.30 bits per heavy atom. The lowest BCUT2D eigenvalue weighted by molar-refractivity contribution is 0.0594. The van der Waals surface area contributed by atoms with Crippen molar-refractivity contribution >= 4 is 11.7 Å². The number of carbonyl (C=O) groups is 1. The number of hydrogen-bond donors (Lipinski definition) is 1. The van der Waals surface area contributed by atoms with Crippen LogP contribution < -0.4 is 10.1 Å². The van der Waals surface area contributed by atoms with Crippen molar-refractivity contribution in [3.8, 4) is 5.75 Å². The van der Waals surface area contributed by atoms with E-state index < -0.39 is 5.97 Å². The molecule has 0 bridgehead atoms. The molecule has 0 aliphatic carbocycles. The van der Waals surface area contributed by atoms with Crippen LogP contribution in [0.25, 0.3) is 0 Å². The van der Waals surface area contributed by atoms with Gasteiger partial charge in [0.15, 0.2) is 5.69 Å². The average Bonchev–Trinajstić information content (AvgIpc) is 2.86. The maximum Gasteiger partial charge on any atom is 0.360 e. The van der Waals surface area contributed by atoms with Gasteiger partial charge in [0.1, 0.15) is 5.75 Å². The van der Waals surface area contributed by atoms with Crippen LogP contribution in [0.1, 0.15) is 16.1 Å². The number of nitrogens with zero attached hydrogens (tertiary/aromatic N) is 2. The highest BCUT2D eigenvalue weighted by Crippen LogP contribution is 2.17. The summed E-state index contributed by atoms with van der Waals surface area (Å²) >= 11 is 0. The summed E-state index contributed by atoms with van der Waals surface area (Å²) in [5.74, 6) is 0.355. The second-order valence-electron chi connectivity index (χ2n) is 4.26. The second kappa shape index (κ2) is 6.10. The Balaban J connectivity index is 2.08. The number of nitrogens with one attached hydrogen (secondary N) is 1. The first-order valence-corrected chi connectivity index (χ1v) is 6.13. The highest BCUT2D eigenvalue weighted by atomic mass is 16.5. The number of aryl methyl sites for hydroxylation is 1. The van der Waals surface area contributed by atoms with Gasteiger partial charge >= 0.3 is 5.97 Å². The Kier molecular flexibility index (Phi) is 4.24. The van der Waals surface area contributed by atoms with Gasteiger partial charge in [-0.2, -0.15) is 5.10 Å². The fourth-order valence-electron chi connectivity index (χ4n) is 1.81. The third kappa shape index (κ3) is 3.09. The lowest BCUT2D eigenvalue weighted by atomic mass is 10.2. The van der Waals surface area contributed by atoms with E-state index in [1.54, 1.807) is 25.0 Å². The van der Waals surface area contributed by atoms with Gasteiger partial charge in [0.25, 0.3) is 0 Å². The lowest BCUT2D eigenvalue weighted by Gasteiger charge is -2.06. The molecule has 0 amide bonds. The number of ether oxygens (including phenoxy) is 2. The normalized spacial score (nSPS) is 10.2. The van der Waals surface area contributed by atoms with E-state index >= 15 is 0 Å². The molecule has 1 heterocycles. The summed E-state index contributed by atoms with van der Waals surface area (Å²) in [5.41, 5.74) is 2.00. The summed E-state index contributed by atoms with van der Waals surface area (Å²) in [6, 6.07) is 7.70. The van der Waals surface area contributed by atoms with Gasteiger partial charge in [0.2, 0.25) is 0 Å². The quantitative estimate of drug-likeness (QED) is 0.843. The van der Waals surface area contributed by atoms with E-state index in [1.807, 2.05) is 24.3 Å². The molecule has 1 N–H and O–H groups in total. The largest absolute Gasteiger partial charge is 0.497 e. The van der Waals surface area contributed by atoms with Crippen molar-refractivity contribution < 1.29 is 14.3 Å². The van der Waals surface area contributed by atoms with Gasteiger partial charge in [-0.25, -0.2) is 4.79 Å². The molecule has 6 heteroatoms. The highest BCUT2D eigenvalue weighted by molar-refractivity contribution is 5.93. The third-order valence-corrected chi connectivity index (χ3v) is 2.85. The molecule has 106 valence electrons. The Bertz CT molecular complexity index is 590. The standard InChI is InChI=1S/C14H17N3O3/c1-17-9-12(13(16-17)14(18)20-3)15-8-10-4-6-11(19-2)7-5-10/h4-7,9,15H,8H2,1-3H3. The van der Waals surface area contributed by atoms with Crippen molar-refractivity contribution in [3.05, 3.63) is 41.7 Å². The van der Waals surface area contributed by atoms with Gasteiger partial charge in [-0.15, -0.1) is 0 Å². The Hall–Kier alpha value is -2.50. The van der Waals surface area contributed by atoms with E-state index in [4.69, 9.17) is 9.47 Å². The first-order chi connectivity index (χ1) is 9.63. The number of methoxy groups -OCH3 is 2. The molecule has 0 unspecified atom stereocenters. The summed E-state index contributed by atoms with van der Waals surface area (Å²) in [5, 5.41) is 7.26. The molecular weight excluding hydrogens is 258 g/mol. The number of benzene rings is 1. The van der Waals surface area contributed by atoms with Crippen molar-refractivity contribution in [3.63, 3.8) is 0 Å². The molecule has 0 saturated heterocycles. The molecule has 0 atom stereocenters. The molecular formula is C14H17N3O3. The predicted octanol–water partition coefficient (Wildman–Crippen LogP) is 1.83. The third-order valence-electron chi connectivity index (χ3n) is 2.85. The Morgan fingerprint density at radius 2 is 2.00 bits per heavy atom. The lowest BCUT2D eigenvalue weighted by Crippen LogP contribution is -2.07. The first-order valence-electron chi connectivity index (χ1n) is 6.13. The van der Waals surface area contributed by atoms with Crippen LogP contribution >= 0.6 is 0 Å². The number of carbonyl (C=O) groups excluding carboxylic acids is 1. The minimum absolute atomic E-state index is 0.281. The molecule has 0 aliphatic rings. The second-order valence-corrected chi connectivity index (χ2v) is 4.26. The van der Waals surface area contributed by atoms with Gasteiger partial charge in [-0.05, 0) is 17.7 Å². The van der Waals surface area contributed by atoms with E-state index in [-0.39, 0.29) is 5.69 Å². The fraction of sp³-hybridized carbons (Fsp3) is 0.286. The molecule has 0 radical (unpaired) electrons. The minimum atomic E-state index is -0.456. The van der Waals surface area contributed by atoms with Gasteiger partial charge in [-0.3, -0.25) is 4.68 Å². The smallest absolute Gasteiger partial charge is 0.360 e. The molecule has 1 aromatic heterocycles. The van der Waals surface area contributed by atoms with Gasteiger partial charge in [-0.1, -0.05) is 12.1 Å². The van der Waals surface area contributed by atoms with Crippen LogP contribution in [-0.4, -0.2) is 30.0 Å². The van der Waals surface area contributed by atoms with Gasteiger partial charge in [0, 0.05) is 19.8 Å². The van der Waals surface area contributed by atoms with Crippen LogP contribution in [0, 0.1) is 0 Å². The topological polar surface area (TPSA) is 65.4 Å². The van der Waals surface area contributed by atoms with Crippen molar-refractivity contribution in [2.45, 2.75) is 6.54 Å². The number of aromatic nitrogens is 2. The first kappa shape index (κ1) is 13.9. The number of anilines is 1.